The normalized spacial score (nSPS) is 23.2. The van der Waals surface area contributed by atoms with Gasteiger partial charge < -0.3 is 9.64 Å². The van der Waals surface area contributed by atoms with Gasteiger partial charge in [-0.15, -0.1) is 0 Å². The van der Waals surface area contributed by atoms with Crippen molar-refractivity contribution >= 4 is 0 Å². The molecule has 4 heteroatoms. The van der Waals surface area contributed by atoms with E-state index in [1.165, 1.54) is 43.2 Å². The number of hydrogen-bond acceptors (Lipinski definition) is 3. The van der Waals surface area contributed by atoms with Crippen LogP contribution in [0.4, 0.5) is 4.39 Å². The smallest absolute Gasteiger partial charge is 0.123 e. The molecule has 162 valence electrons. The summed E-state index contributed by atoms with van der Waals surface area (Å²) in [5.41, 5.74) is 2.56. The Balaban J connectivity index is 1.49. The largest absolute Gasteiger partial charge is 0.497 e. The molecule has 3 nitrogen and oxygen atoms in total. The van der Waals surface area contributed by atoms with Crippen LogP contribution in [0.3, 0.4) is 0 Å². The van der Waals surface area contributed by atoms with Gasteiger partial charge >= 0.3 is 0 Å². The van der Waals surface area contributed by atoms with Gasteiger partial charge in [-0.1, -0.05) is 43.5 Å². The summed E-state index contributed by atoms with van der Waals surface area (Å²) in [6, 6.07) is 16.3. The van der Waals surface area contributed by atoms with Crippen LogP contribution in [0.15, 0.2) is 48.5 Å². The molecule has 0 bridgehead atoms. The van der Waals surface area contributed by atoms with E-state index in [-0.39, 0.29) is 5.82 Å². The van der Waals surface area contributed by atoms with Crippen molar-refractivity contribution in [3.8, 4) is 5.75 Å². The van der Waals surface area contributed by atoms with Crippen LogP contribution in [0.25, 0.3) is 0 Å². The number of nitrogens with zero attached hydrogens (tertiary/aromatic N) is 2. The first-order chi connectivity index (χ1) is 14.6. The summed E-state index contributed by atoms with van der Waals surface area (Å²) < 4.78 is 18.8. The molecule has 0 spiro atoms. The molecule has 2 unspecified atom stereocenters. The third-order valence-electron chi connectivity index (χ3n) is 7.08. The monoisotopic (exact) mass is 410 g/mol. The predicted molar refractivity (Wildman–Crippen MR) is 120 cm³/mol. The molecule has 0 N–H and O–H groups in total. The topological polar surface area (TPSA) is 15.7 Å². The van der Waals surface area contributed by atoms with Crippen LogP contribution in [0.1, 0.15) is 49.1 Å². The van der Waals surface area contributed by atoms with Gasteiger partial charge in [0.25, 0.3) is 0 Å². The van der Waals surface area contributed by atoms with E-state index < -0.39 is 0 Å². The molecule has 2 fully saturated rings. The highest BCUT2D eigenvalue weighted by atomic mass is 19.1. The molecule has 0 amide bonds. The number of hydrogen-bond donors (Lipinski definition) is 0. The molecule has 1 saturated carbocycles. The standard InChI is InChI=1S/C26H35FN2O/c1-28(24-8-4-3-5-9-24)17-22-18-29(16-20-11-13-23(27)14-12-20)19-26(22)21-7-6-10-25(15-21)30-2/h6-7,10-15,22,24,26H,3-5,8-9,16-19H2,1-2H3. The fraction of sp³-hybridized carbons (Fsp3) is 0.538. The summed E-state index contributed by atoms with van der Waals surface area (Å²) in [6.07, 6.45) is 6.82. The number of methoxy groups -OCH3 is 1. The summed E-state index contributed by atoms with van der Waals surface area (Å²) in [5, 5.41) is 0. The Morgan fingerprint density at radius 1 is 1.03 bits per heavy atom. The minimum atomic E-state index is -0.165. The van der Waals surface area contributed by atoms with Crippen molar-refractivity contribution in [2.45, 2.75) is 50.6 Å². The molecule has 2 aromatic carbocycles. The number of halogens is 1. The van der Waals surface area contributed by atoms with Gasteiger partial charge in [-0.2, -0.15) is 0 Å². The van der Waals surface area contributed by atoms with Crippen LogP contribution in [-0.4, -0.2) is 49.6 Å². The van der Waals surface area contributed by atoms with Crippen molar-refractivity contribution in [2.75, 3.05) is 33.8 Å². The van der Waals surface area contributed by atoms with Crippen molar-refractivity contribution in [1.82, 2.24) is 9.80 Å². The maximum Gasteiger partial charge on any atom is 0.123 e. The number of benzene rings is 2. The Bertz CT molecular complexity index is 803. The molecule has 30 heavy (non-hydrogen) atoms. The Morgan fingerprint density at radius 2 is 1.80 bits per heavy atom. The second kappa shape index (κ2) is 9.93. The molecule has 2 aromatic rings. The van der Waals surface area contributed by atoms with Gasteiger partial charge in [-0.05, 0) is 61.2 Å². The highest BCUT2D eigenvalue weighted by Crippen LogP contribution is 2.36. The Hall–Kier alpha value is -1.91. The second-order valence-electron chi connectivity index (χ2n) is 9.20. The highest BCUT2D eigenvalue weighted by Gasteiger charge is 2.35. The van der Waals surface area contributed by atoms with Crippen molar-refractivity contribution in [3.63, 3.8) is 0 Å². The lowest BCUT2D eigenvalue weighted by molar-refractivity contribution is 0.162. The molecule has 0 radical (unpaired) electrons. The first-order valence-electron chi connectivity index (χ1n) is 11.4. The average Bonchev–Trinajstić information content (AvgIpc) is 3.18. The van der Waals surface area contributed by atoms with E-state index in [1.54, 1.807) is 19.2 Å². The zero-order chi connectivity index (χ0) is 20.9. The molecule has 4 rings (SSSR count). The van der Waals surface area contributed by atoms with Crippen LogP contribution in [0.2, 0.25) is 0 Å². The molecule has 1 heterocycles. The molecule has 1 aliphatic carbocycles. The maximum atomic E-state index is 13.3. The molecular weight excluding hydrogens is 375 g/mol. The lowest BCUT2D eigenvalue weighted by atomic mass is 9.87. The van der Waals surface area contributed by atoms with Crippen LogP contribution in [0, 0.1) is 11.7 Å². The van der Waals surface area contributed by atoms with Crippen molar-refractivity contribution in [1.29, 1.82) is 0 Å². The zero-order valence-corrected chi connectivity index (χ0v) is 18.4. The summed E-state index contributed by atoms with van der Waals surface area (Å²) >= 11 is 0. The lowest BCUT2D eigenvalue weighted by Gasteiger charge is -2.34. The molecule has 1 saturated heterocycles. The van der Waals surface area contributed by atoms with E-state index in [0.717, 1.165) is 38.0 Å². The van der Waals surface area contributed by atoms with Gasteiger partial charge in [-0.25, -0.2) is 4.39 Å². The van der Waals surface area contributed by atoms with Crippen LogP contribution >= 0.6 is 0 Å². The Labute approximate surface area is 180 Å². The highest BCUT2D eigenvalue weighted by molar-refractivity contribution is 5.32. The minimum absolute atomic E-state index is 0.165. The van der Waals surface area contributed by atoms with Gasteiger partial charge in [0, 0.05) is 38.1 Å². The van der Waals surface area contributed by atoms with Gasteiger partial charge in [-0.3, -0.25) is 4.90 Å². The van der Waals surface area contributed by atoms with Gasteiger partial charge in [0.05, 0.1) is 7.11 Å². The van der Waals surface area contributed by atoms with E-state index in [9.17, 15) is 4.39 Å². The van der Waals surface area contributed by atoms with Gasteiger partial charge in [0.1, 0.15) is 11.6 Å². The fourth-order valence-electron chi connectivity index (χ4n) is 5.41. The Morgan fingerprint density at radius 3 is 2.53 bits per heavy atom. The Kier molecular flexibility index (Phi) is 7.06. The number of likely N-dealkylation sites (tertiary alicyclic amines) is 1. The van der Waals surface area contributed by atoms with Crippen LogP contribution in [-0.2, 0) is 6.54 Å². The molecule has 1 aliphatic heterocycles. The third-order valence-corrected chi connectivity index (χ3v) is 7.08. The van der Waals surface area contributed by atoms with E-state index >= 15 is 0 Å². The van der Waals surface area contributed by atoms with E-state index in [1.807, 2.05) is 18.2 Å². The van der Waals surface area contributed by atoms with Crippen molar-refractivity contribution in [2.24, 2.45) is 5.92 Å². The molecule has 2 aliphatic rings. The van der Waals surface area contributed by atoms with Crippen LogP contribution in [0.5, 0.6) is 5.75 Å². The first-order valence-corrected chi connectivity index (χ1v) is 11.4. The number of ether oxygens (including phenoxy) is 1. The van der Waals surface area contributed by atoms with Crippen molar-refractivity contribution in [3.05, 3.63) is 65.5 Å². The summed E-state index contributed by atoms with van der Waals surface area (Å²) in [4.78, 5) is 5.16. The SMILES string of the molecule is COc1cccc(C2CN(Cc3ccc(F)cc3)CC2CN(C)C2CCCCC2)c1. The third kappa shape index (κ3) is 5.22. The molecular formula is C26H35FN2O. The van der Waals surface area contributed by atoms with Crippen LogP contribution < -0.4 is 4.74 Å². The molecule has 0 aromatic heterocycles. The maximum absolute atomic E-state index is 13.3. The number of rotatable bonds is 7. The minimum Gasteiger partial charge on any atom is -0.497 e. The molecule has 2 atom stereocenters. The quantitative estimate of drug-likeness (QED) is 0.615. The van der Waals surface area contributed by atoms with Crippen molar-refractivity contribution < 1.29 is 9.13 Å². The van der Waals surface area contributed by atoms with E-state index in [2.05, 4.69) is 35.0 Å². The average molecular weight is 411 g/mol. The second-order valence-corrected chi connectivity index (χ2v) is 9.20. The lowest BCUT2D eigenvalue weighted by Crippen LogP contribution is -2.38. The van der Waals surface area contributed by atoms with Gasteiger partial charge in [0.15, 0.2) is 0 Å². The van der Waals surface area contributed by atoms with Gasteiger partial charge in [0.2, 0.25) is 0 Å². The summed E-state index contributed by atoms with van der Waals surface area (Å²) in [6.45, 7) is 4.13. The summed E-state index contributed by atoms with van der Waals surface area (Å²) in [7, 11) is 4.06. The predicted octanol–water partition coefficient (Wildman–Crippen LogP) is 5.31. The summed E-state index contributed by atoms with van der Waals surface area (Å²) in [5.74, 6) is 1.85. The van der Waals surface area contributed by atoms with E-state index in [0.29, 0.717) is 11.8 Å². The first kappa shape index (κ1) is 21.3. The van der Waals surface area contributed by atoms with E-state index in [4.69, 9.17) is 4.74 Å². The fourth-order valence-corrected chi connectivity index (χ4v) is 5.41. The zero-order valence-electron chi connectivity index (χ0n) is 18.4.